The summed E-state index contributed by atoms with van der Waals surface area (Å²) in [5, 5.41) is 9.36. The lowest BCUT2D eigenvalue weighted by atomic mass is 9.97. The second kappa shape index (κ2) is 6.50. The van der Waals surface area contributed by atoms with Gasteiger partial charge in [-0.1, -0.05) is 0 Å². The van der Waals surface area contributed by atoms with Crippen molar-refractivity contribution in [1.82, 2.24) is 9.21 Å². The van der Waals surface area contributed by atoms with Gasteiger partial charge in [-0.2, -0.15) is 0 Å². The van der Waals surface area contributed by atoms with Crippen molar-refractivity contribution in [3.63, 3.8) is 0 Å². The van der Waals surface area contributed by atoms with E-state index in [1.54, 1.807) is 4.31 Å². The summed E-state index contributed by atoms with van der Waals surface area (Å²) in [4.78, 5) is 2.31. The van der Waals surface area contributed by atoms with E-state index in [-0.39, 0.29) is 18.3 Å². The molecule has 2 atom stereocenters. The molecule has 0 spiro atoms. The first-order chi connectivity index (χ1) is 9.69. The van der Waals surface area contributed by atoms with Crippen LogP contribution in [0.25, 0.3) is 0 Å². The monoisotopic (exact) mass is 320 g/mol. The Morgan fingerprint density at radius 2 is 2.05 bits per heavy atom. The topological polar surface area (TPSA) is 70.1 Å². The second-order valence-corrected chi connectivity index (χ2v) is 8.99. The number of rotatable bonds is 4. The Kier molecular flexibility index (Phi) is 5.31. The molecule has 2 saturated heterocycles. The number of piperidine rings is 1. The molecule has 21 heavy (non-hydrogen) atoms. The number of aliphatic hydroxyl groups excluding tert-OH is 1. The zero-order valence-corrected chi connectivity index (χ0v) is 14.1. The largest absolute Gasteiger partial charge is 0.394 e. The molecule has 0 saturated carbocycles. The highest BCUT2D eigenvalue weighted by molar-refractivity contribution is 7.88. The zero-order chi connectivity index (χ0) is 15.7. The van der Waals surface area contributed by atoms with Gasteiger partial charge in [-0.15, -0.1) is 0 Å². The lowest BCUT2D eigenvalue weighted by Crippen LogP contribution is -2.55. The van der Waals surface area contributed by atoms with Gasteiger partial charge in [-0.3, -0.25) is 4.90 Å². The third-order valence-electron chi connectivity index (χ3n) is 4.22. The van der Waals surface area contributed by atoms with Crippen LogP contribution in [0.1, 0.15) is 26.7 Å². The summed E-state index contributed by atoms with van der Waals surface area (Å²) >= 11 is 0. The van der Waals surface area contributed by atoms with Crippen molar-refractivity contribution in [3.8, 4) is 0 Å². The molecular weight excluding hydrogens is 292 g/mol. The van der Waals surface area contributed by atoms with Crippen LogP contribution in [0, 0.1) is 5.92 Å². The summed E-state index contributed by atoms with van der Waals surface area (Å²) in [5.74, 6) is 0.363. The average molecular weight is 320 g/mol. The van der Waals surface area contributed by atoms with E-state index in [0.717, 1.165) is 32.5 Å². The Morgan fingerprint density at radius 3 is 2.67 bits per heavy atom. The van der Waals surface area contributed by atoms with Gasteiger partial charge in [0.15, 0.2) is 0 Å². The Labute approximate surface area is 128 Å². The van der Waals surface area contributed by atoms with Crippen molar-refractivity contribution in [3.05, 3.63) is 0 Å². The van der Waals surface area contributed by atoms with Crippen LogP contribution in [0.2, 0.25) is 0 Å². The highest BCUT2D eigenvalue weighted by Gasteiger charge is 2.35. The minimum atomic E-state index is -3.09. The van der Waals surface area contributed by atoms with E-state index in [1.807, 2.05) is 13.8 Å². The molecule has 0 aromatic rings. The van der Waals surface area contributed by atoms with Gasteiger partial charge in [0.2, 0.25) is 10.0 Å². The fraction of sp³-hybridized carbons (Fsp3) is 1.00. The van der Waals surface area contributed by atoms with Crippen LogP contribution in [0.3, 0.4) is 0 Å². The van der Waals surface area contributed by atoms with E-state index in [0.29, 0.717) is 19.0 Å². The Morgan fingerprint density at radius 1 is 1.33 bits per heavy atom. The summed E-state index contributed by atoms with van der Waals surface area (Å²) < 4.78 is 30.8. The third-order valence-corrected chi connectivity index (χ3v) is 5.49. The van der Waals surface area contributed by atoms with Gasteiger partial charge in [-0.05, 0) is 32.6 Å². The lowest BCUT2D eigenvalue weighted by molar-refractivity contribution is -0.151. The zero-order valence-electron chi connectivity index (χ0n) is 13.3. The maximum absolute atomic E-state index is 11.7. The van der Waals surface area contributed by atoms with Crippen molar-refractivity contribution in [2.45, 2.75) is 38.4 Å². The van der Waals surface area contributed by atoms with Crippen molar-refractivity contribution >= 4 is 10.0 Å². The number of hydrogen-bond acceptors (Lipinski definition) is 5. The molecule has 2 aliphatic heterocycles. The molecule has 0 radical (unpaired) electrons. The fourth-order valence-electron chi connectivity index (χ4n) is 3.49. The molecule has 2 heterocycles. The Hall–Kier alpha value is -0.210. The van der Waals surface area contributed by atoms with Crippen LogP contribution in [0.5, 0.6) is 0 Å². The molecule has 0 amide bonds. The van der Waals surface area contributed by atoms with Crippen molar-refractivity contribution < 1.29 is 18.3 Å². The standard InChI is InChI=1S/C14H28N2O4S/c1-14(2)11-15(9-13(10-17)20-14)7-12-5-4-6-16(8-12)21(3,18)19/h12-13,17H,4-11H2,1-3H3. The molecule has 2 rings (SSSR count). The maximum atomic E-state index is 11.7. The number of morpholine rings is 1. The molecule has 6 nitrogen and oxygen atoms in total. The quantitative estimate of drug-likeness (QED) is 0.797. The number of sulfonamides is 1. The van der Waals surface area contributed by atoms with Crippen LogP contribution in [0.15, 0.2) is 0 Å². The van der Waals surface area contributed by atoms with Gasteiger partial charge in [0.05, 0.1) is 24.6 Å². The van der Waals surface area contributed by atoms with E-state index >= 15 is 0 Å². The van der Waals surface area contributed by atoms with E-state index in [4.69, 9.17) is 4.74 Å². The first kappa shape index (κ1) is 17.1. The van der Waals surface area contributed by atoms with E-state index in [1.165, 1.54) is 6.26 Å². The van der Waals surface area contributed by atoms with Crippen LogP contribution < -0.4 is 0 Å². The number of nitrogens with zero attached hydrogens (tertiary/aromatic N) is 2. The highest BCUT2D eigenvalue weighted by Crippen LogP contribution is 2.25. The van der Waals surface area contributed by atoms with Crippen LogP contribution >= 0.6 is 0 Å². The predicted molar refractivity (Wildman–Crippen MR) is 81.6 cm³/mol. The summed E-state index contributed by atoms with van der Waals surface area (Å²) in [7, 11) is -3.09. The number of ether oxygens (including phenoxy) is 1. The smallest absolute Gasteiger partial charge is 0.211 e. The van der Waals surface area contributed by atoms with Gasteiger partial charge in [-0.25, -0.2) is 12.7 Å². The molecule has 124 valence electrons. The van der Waals surface area contributed by atoms with Crippen molar-refractivity contribution in [1.29, 1.82) is 0 Å². The molecule has 0 aliphatic carbocycles. The van der Waals surface area contributed by atoms with Gasteiger partial charge in [0.1, 0.15) is 0 Å². The lowest BCUT2D eigenvalue weighted by Gasteiger charge is -2.44. The first-order valence-corrected chi connectivity index (χ1v) is 9.50. The van der Waals surface area contributed by atoms with E-state index in [2.05, 4.69) is 4.90 Å². The minimum absolute atomic E-state index is 0.0278. The average Bonchev–Trinajstić information content (AvgIpc) is 2.36. The summed E-state index contributed by atoms with van der Waals surface area (Å²) in [6, 6.07) is 0. The normalized spacial score (nSPS) is 32.2. The summed E-state index contributed by atoms with van der Waals surface area (Å²) in [6.45, 7) is 7.75. The molecule has 2 fully saturated rings. The fourth-order valence-corrected chi connectivity index (χ4v) is 4.44. The van der Waals surface area contributed by atoms with Gasteiger partial charge >= 0.3 is 0 Å². The third kappa shape index (κ3) is 4.89. The minimum Gasteiger partial charge on any atom is -0.394 e. The van der Waals surface area contributed by atoms with E-state index < -0.39 is 10.0 Å². The van der Waals surface area contributed by atoms with E-state index in [9.17, 15) is 13.5 Å². The summed E-state index contributed by atoms with van der Waals surface area (Å²) in [5.41, 5.74) is -0.267. The molecule has 1 N–H and O–H groups in total. The number of hydrogen-bond donors (Lipinski definition) is 1. The molecule has 2 unspecified atom stereocenters. The molecule has 2 aliphatic rings. The molecule has 0 aromatic heterocycles. The van der Waals surface area contributed by atoms with Gasteiger partial charge < -0.3 is 9.84 Å². The first-order valence-electron chi connectivity index (χ1n) is 7.66. The van der Waals surface area contributed by atoms with Crippen LogP contribution in [-0.2, 0) is 14.8 Å². The second-order valence-electron chi connectivity index (χ2n) is 7.01. The maximum Gasteiger partial charge on any atom is 0.211 e. The molecule has 0 bridgehead atoms. The molecule has 7 heteroatoms. The van der Waals surface area contributed by atoms with Gasteiger partial charge in [0, 0.05) is 32.7 Å². The van der Waals surface area contributed by atoms with Crippen molar-refractivity contribution in [2.75, 3.05) is 45.6 Å². The van der Waals surface area contributed by atoms with Crippen LogP contribution in [-0.4, -0.2) is 80.0 Å². The predicted octanol–water partition coefficient (Wildman–Crippen LogP) is 0.130. The summed E-state index contributed by atoms with van der Waals surface area (Å²) in [6.07, 6.45) is 3.13. The Balaban J connectivity index is 1.94. The highest BCUT2D eigenvalue weighted by atomic mass is 32.2. The van der Waals surface area contributed by atoms with Crippen LogP contribution in [0.4, 0.5) is 0 Å². The Bertz CT molecular complexity index is 452. The molecular formula is C14H28N2O4S. The molecule has 0 aromatic carbocycles. The van der Waals surface area contributed by atoms with Gasteiger partial charge in [0.25, 0.3) is 0 Å². The van der Waals surface area contributed by atoms with Crippen molar-refractivity contribution in [2.24, 2.45) is 5.92 Å². The SMILES string of the molecule is CC1(C)CN(CC2CCCN(S(C)(=O)=O)C2)CC(CO)O1. The number of aliphatic hydroxyl groups is 1.